The average Bonchev–Trinajstić information content (AvgIpc) is 3.01. The zero-order valence-corrected chi connectivity index (χ0v) is 17.5. The summed E-state index contributed by atoms with van der Waals surface area (Å²) in [7, 11) is -2.51. The molecule has 1 aliphatic heterocycles. The Bertz CT molecular complexity index is 982. The van der Waals surface area contributed by atoms with Gasteiger partial charge in [0.1, 0.15) is 10.6 Å². The van der Waals surface area contributed by atoms with E-state index in [9.17, 15) is 13.2 Å². The fourth-order valence-corrected chi connectivity index (χ4v) is 4.75. The minimum absolute atomic E-state index is 0.0570. The molecular formula is C21H26N2O4S. The van der Waals surface area contributed by atoms with Crippen LogP contribution in [0.15, 0.2) is 47.4 Å². The number of hydrogen-bond acceptors (Lipinski definition) is 4. The number of nitrogens with zero attached hydrogens (tertiary/aromatic N) is 1. The van der Waals surface area contributed by atoms with Gasteiger partial charge in [-0.05, 0) is 63.9 Å². The maximum atomic E-state index is 13.0. The van der Waals surface area contributed by atoms with Crippen LogP contribution >= 0.6 is 0 Å². The molecule has 1 fully saturated rings. The van der Waals surface area contributed by atoms with Gasteiger partial charge in [-0.25, -0.2) is 8.42 Å². The second kappa shape index (κ2) is 7.47. The van der Waals surface area contributed by atoms with Crippen LogP contribution in [-0.2, 0) is 10.0 Å². The zero-order valence-electron chi connectivity index (χ0n) is 16.7. The maximum Gasteiger partial charge on any atom is 0.265 e. The number of benzene rings is 2. The standard InChI is InChI=1S/C21H26N2O4S/c1-15-6-9-17(10-7-15)22-28(25,26)19-14-16(8-11-18(19)27-4)20(24)23-13-5-12-21(23,2)3/h6-11,14,22H,5,12-13H2,1-4H3. The molecule has 0 radical (unpaired) electrons. The minimum Gasteiger partial charge on any atom is -0.495 e. The molecule has 1 aliphatic rings. The number of carbonyl (C=O) groups is 1. The molecule has 7 heteroatoms. The molecule has 1 heterocycles. The van der Waals surface area contributed by atoms with Crippen molar-refractivity contribution in [1.29, 1.82) is 0 Å². The van der Waals surface area contributed by atoms with Crippen LogP contribution in [0, 0.1) is 6.92 Å². The fraction of sp³-hybridized carbons (Fsp3) is 0.381. The smallest absolute Gasteiger partial charge is 0.265 e. The van der Waals surface area contributed by atoms with Crippen LogP contribution in [0.25, 0.3) is 0 Å². The van der Waals surface area contributed by atoms with Crippen LogP contribution < -0.4 is 9.46 Å². The number of hydrogen-bond donors (Lipinski definition) is 1. The zero-order chi connectivity index (χ0) is 20.5. The summed E-state index contributed by atoms with van der Waals surface area (Å²) in [5.74, 6) is 0.0220. The summed E-state index contributed by atoms with van der Waals surface area (Å²) in [5.41, 5.74) is 1.57. The number of amides is 1. The van der Waals surface area contributed by atoms with Crippen molar-refractivity contribution in [3.05, 3.63) is 53.6 Å². The third kappa shape index (κ3) is 3.99. The highest BCUT2D eigenvalue weighted by Gasteiger charge is 2.36. The predicted octanol–water partition coefficient (Wildman–Crippen LogP) is 3.82. The summed E-state index contributed by atoms with van der Waals surface area (Å²) < 4.78 is 33.7. The molecule has 150 valence electrons. The molecule has 2 aromatic carbocycles. The van der Waals surface area contributed by atoms with E-state index >= 15 is 0 Å². The molecule has 0 unspecified atom stereocenters. The van der Waals surface area contributed by atoms with Gasteiger partial charge < -0.3 is 9.64 Å². The number of likely N-dealkylation sites (tertiary alicyclic amines) is 1. The van der Waals surface area contributed by atoms with E-state index in [0.717, 1.165) is 18.4 Å². The van der Waals surface area contributed by atoms with E-state index in [4.69, 9.17) is 4.74 Å². The number of methoxy groups -OCH3 is 1. The number of sulfonamides is 1. The lowest BCUT2D eigenvalue weighted by Gasteiger charge is -2.31. The number of nitrogens with one attached hydrogen (secondary N) is 1. The minimum atomic E-state index is -3.92. The quantitative estimate of drug-likeness (QED) is 0.825. The first-order valence-electron chi connectivity index (χ1n) is 9.23. The first-order chi connectivity index (χ1) is 13.1. The van der Waals surface area contributed by atoms with Gasteiger partial charge in [0.05, 0.1) is 7.11 Å². The number of ether oxygens (including phenoxy) is 1. The van der Waals surface area contributed by atoms with Gasteiger partial charge in [0.25, 0.3) is 15.9 Å². The Labute approximate surface area is 166 Å². The van der Waals surface area contributed by atoms with Crippen LogP contribution in [-0.4, -0.2) is 38.4 Å². The molecule has 2 aromatic rings. The lowest BCUT2D eigenvalue weighted by molar-refractivity contribution is 0.0651. The van der Waals surface area contributed by atoms with E-state index < -0.39 is 10.0 Å². The summed E-state index contributed by atoms with van der Waals surface area (Å²) in [4.78, 5) is 14.8. The van der Waals surface area contributed by atoms with Crippen LogP contribution in [0.1, 0.15) is 42.6 Å². The number of carbonyl (C=O) groups excluding carboxylic acids is 1. The van der Waals surface area contributed by atoms with Gasteiger partial charge in [-0.2, -0.15) is 0 Å². The molecule has 0 aliphatic carbocycles. The van der Waals surface area contributed by atoms with Gasteiger partial charge in [-0.3, -0.25) is 9.52 Å². The van der Waals surface area contributed by atoms with E-state index in [1.165, 1.54) is 19.2 Å². The molecule has 1 saturated heterocycles. The van der Waals surface area contributed by atoms with Gasteiger partial charge >= 0.3 is 0 Å². The molecule has 6 nitrogen and oxygen atoms in total. The van der Waals surface area contributed by atoms with Gasteiger partial charge in [-0.15, -0.1) is 0 Å². The Hall–Kier alpha value is -2.54. The Morgan fingerprint density at radius 1 is 1.14 bits per heavy atom. The highest BCUT2D eigenvalue weighted by Crippen LogP contribution is 2.32. The second-order valence-electron chi connectivity index (χ2n) is 7.71. The molecule has 1 amide bonds. The van der Waals surface area contributed by atoms with Crippen molar-refractivity contribution >= 4 is 21.6 Å². The molecule has 28 heavy (non-hydrogen) atoms. The van der Waals surface area contributed by atoms with Crippen molar-refractivity contribution in [2.24, 2.45) is 0 Å². The molecule has 3 rings (SSSR count). The molecule has 0 saturated carbocycles. The summed E-state index contributed by atoms with van der Waals surface area (Å²) in [5, 5.41) is 0. The number of anilines is 1. The molecule has 0 bridgehead atoms. The van der Waals surface area contributed by atoms with E-state index in [2.05, 4.69) is 4.72 Å². The summed E-state index contributed by atoms with van der Waals surface area (Å²) in [6.07, 6.45) is 1.87. The molecule has 0 aromatic heterocycles. The van der Waals surface area contributed by atoms with Crippen LogP contribution in [0.5, 0.6) is 5.75 Å². The van der Waals surface area contributed by atoms with Crippen molar-refractivity contribution in [3.8, 4) is 5.75 Å². The average molecular weight is 403 g/mol. The van der Waals surface area contributed by atoms with E-state index in [0.29, 0.717) is 17.8 Å². The Kier molecular flexibility index (Phi) is 5.39. The fourth-order valence-electron chi connectivity index (χ4n) is 3.49. The lowest BCUT2D eigenvalue weighted by Crippen LogP contribution is -2.42. The van der Waals surface area contributed by atoms with Gasteiger partial charge in [0, 0.05) is 23.3 Å². The Morgan fingerprint density at radius 2 is 1.82 bits per heavy atom. The lowest BCUT2D eigenvalue weighted by atomic mass is 10.0. The van der Waals surface area contributed by atoms with Crippen LogP contribution in [0.3, 0.4) is 0 Å². The Balaban J connectivity index is 1.96. The summed E-state index contributed by atoms with van der Waals surface area (Å²) >= 11 is 0. The van der Waals surface area contributed by atoms with Crippen LogP contribution in [0.4, 0.5) is 5.69 Å². The van der Waals surface area contributed by atoms with Crippen molar-refractivity contribution in [3.63, 3.8) is 0 Å². The molecule has 0 spiro atoms. The molecule has 0 atom stereocenters. The van der Waals surface area contributed by atoms with E-state index in [1.807, 2.05) is 32.9 Å². The third-order valence-corrected chi connectivity index (χ3v) is 6.55. The monoisotopic (exact) mass is 402 g/mol. The highest BCUT2D eigenvalue weighted by molar-refractivity contribution is 7.92. The molecule has 1 N–H and O–H groups in total. The van der Waals surface area contributed by atoms with Crippen LogP contribution in [0.2, 0.25) is 0 Å². The second-order valence-corrected chi connectivity index (χ2v) is 9.36. The van der Waals surface area contributed by atoms with E-state index in [1.54, 1.807) is 23.1 Å². The predicted molar refractivity (Wildman–Crippen MR) is 109 cm³/mol. The van der Waals surface area contributed by atoms with Crippen molar-refractivity contribution in [1.82, 2.24) is 4.90 Å². The summed E-state index contributed by atoms with van der Waals surface area (Å²) in [6, 6.07) is 11.6. The number of rotatable bonds is 5. The van der Waals surface area contributed by atoms with Gasteiger partial charge in [0.15, 0.2) is 0 Å². The van der Waals surface area contributed by atoms with E-state index in [-0.39, 0.29) is 22.1 Å². The largest absolute Gasteiger partial charge is 0.495 e. The highest BCUT2D eigenvalue weighted by atomic mass is 32.2. The molecular weight excluding hydrogens is 376 g/mol. The topological polar surface area (TPSA) is 75.7 Å². The van der Waals surface area contributed by atoms with Gasteiger partial charge in [-0.1, -0.05) is 17.7 Å². The third-order valence-electron chi connectivity index (χ3n) is 5.15. The first-order valence-corrected chi connectivity index (χ1v) is 10.7. The normalized spacial score (nSPS) is 16.1. The summed E-state index contributed by atoms with van der Waals surface area (Å²) in [6.45, 7) is 6.65. The number of aryl methyl sites for hydroxylation is 1. The van der Waals surface area contributed by atoms with Gasteiger partial charge in [0.2, 0.25) is 0 Å². The first kappa shape index (κ1) is 20.2. The van der Waals surface area contributed by atoms with Crippen molar-refractivity contribution in [2.75, 3.05) is 18.4 Å². The van der Waals surface area contributed by atoms with Crippen molar-refractivity contribution < 1.29 is 17.9 Å². The maximum absolute atomic E-state index is 13.0. The SMILES string of the molecule is COc1ccc(C(=O)N2CCCC2(C)C)cc1S(=O)(=O)Nc1ccc(C)cc1. The van der Waals surface area contributed by atoms with Crippen molar-refractivity contribution in [2.45, 2.75) is 44.0 Å². The Morgan fingerprint density at radius 3 is 2.39 bits per heavy atom.